The Morgan fingerprint density at radius 3 is 2.79 bits per heavy atom. The van der Waals surface area contributed by atoms with E-state index in [1.807, 2.05) is 12.1 Å². The zero-order valence-electron chi connectivity index (χ0n) is 14.0. The Labute approximate surface area is 143 Å². The summed E-state index contributed by atoms with van der Waals surface area (Å²) in [5.74, 6) is 1.77. The minimum absolute atomic E-state index is 0.636. The Hall–Kier alpha value is -2.04. The number of hydrogen-bond acceptors (Lipinski definition) is 4. The van der Waals surface area contributed by atoms with Crippen molar-refractivity contribution in [3.63, 3.8) is 0 Å². The van der Waals surface area contributed by atoms with Gasteiger partial charge in [0.1, 0.15) is 13.2 Å². The van der Waals surface area contributed by atoms with Crippen molar-refractivity contribution in [2.45, 2.75) is 19.5 Å². The van der Waals surface area contributed by atoms with Gasteiger partial charge in [-0.15, -0.1) is 0 Å². The highest BCUT2D eigenvalue weighted by Crippen LogP contribution is 2.33. The minimum Gasteiger partial charge on any atom is -0.486 e. The molecule has 126 valence electrons. The molecule has 2 aromatic carbocycles. The Morgan fingerprint density at radius 2 is 1.83 bits per heavy atom. The minimum atomic E-state index is 0.636. The Bertz CT molecular complexity index is 702. The topological polar surface area (TPSA) is 33.7 Å². The molecular formula is C20H24N2O2. The zero-order valence-corrected chi connectivity index (χ0v) is 14.0. The van der Waals surface area contributed by atoms with E-state index in [-0.39, 0.29) is 0 Å². The van der Waals surface area contributed by atoms with Crippen molar-refractivity contribution < 1.29 is 9.47 Å². The lowest BCUT2D eigenvalue weighted by molar-refractivity contribution is 0.169. The third kappa shape index (κ3) is 3.40. The van der Waals surface area contributed by atoms with Crippen LogP contribution in [-0.2, 0) is 19.5 Å². The van der Waals surface area contributed by atoms with Gasteiger partial charge in [-0.05, 0) is 23.6 Å². The molecule has 0 radical (unpaired) electrons. The van der Waals surface area contributed by atoms with E-state index in [9.17, 15) is 0 Å². The average Bonchev–Trinajstić information content (AvgIpc) is 2.65. The molecule has 0 bridgehead atoms. The van der Waals surface area contributed by atoms with Gasteiger partial charge in [-0.3, -0.25) is 4.90 Å². The number of hydrogen-bond donors (Lipinski definition) is 1. The van der Waals surface area contributed by atoms with Crippen LogP contribution in [0.3, 0.4) is 0 Å². The van der Waals surface area contributed by atoms with E-state index >= 15 is 0 Å². The van der Waals surface area contributed by atoms with Gasteiger partial charge >= 0.3 is 0 Å². The van der Waals surface area contributed by atoms with E-state index in [0.29, 0.717) is 13.2 Å². The summed E-state index contributed by atoms with van der Waals surface area (Å²) < 4.78 is 11.4. The highest BCUT2D eigenvalue weighted by Gasteiger charge is 2.16. The zero-order chi connectivity index (χ0) is 16.2. The van der Waals surface area contributed by atoms with E-state index < -0.39 is 0 Å². The number of rotatable bonds is 5. The van der Waals surface area contributed by atoms with Gasteiger partial charge in [0.15, 0.2) is 11.5 Å². The van der Waals surface area contributed by atoms with E-state index in [1.54, 1.807) is 0 Å². The molecule has 0 amide bonds. The maximum Gasteiger partial charge on any atom is 0.165 e. The molecule has 2 heterocycles. The Kier molecular flexibility index (Phi) is 4.67. The number of nitrogens with zero attached hydrogens (tertiary/aromatic N) is 1. The van der Waals surface area contributed by atoms with Crippen LogP contribution in [-0.4, -0.2) is 37.7 Å². The summed E-state index contributed by atoms with van der Waals surface area (Å²) in [4.78, 5) is 2.52. The molecule has 1 N–H and O–H groups in total. The molecule has 4 rings (SSSR count). The summed E-state index contributed by atoms with van der Waals surface area (Å²) in [6, 6.07) is 14.9. The first-order chi connectivity index (χ1) is 11.9. The molecule has 24 heavy (non-hydrogen) atoms. The molecule has 0 atom stereocenters. The summed E-state index contributed by atoms with van der Waals surface area (Å²) in [6.45, 7) is 6.35. The maximum absolute atomic E-state index is 5.77. The van der Waals surface area contributed by atoms with Crippen molar-refractivity contribution in [3.8, 4) is 11.5 Å². The van der Waals surface area contributed by atoms with Crippen LogP contribution in [0.5, 0.6) is 11.5 Å². The average molecular weight is 324 g/mol. The SMILES string of the molecule is c1ccc2c(c1)CCN(CCNCc1cccc3c1OCCO3)C2. The van der Waals surface area contributed by atoms with Crippen molar-refractivity contribution in [2.75, 3.05) is 32.8 Å². The monoisotopic (exact) mass is 324 g/mol. The summed E-state index contributed by atoms with van der Waals surface area (Å²) in [5, 5.41) is 3.55. The molecule has 4 heteroatoms. The van der Waals surface area contributed by atoms with Crippen LogP contribution >= 0.6 is 0 Å². The molecule has 0 aliphatic carbocycles. The summed E-state index contributed by atoms with van der Waals surface area (Å²) in [7, 11) is 0. The molecule has 0 saturated carbocycles. The van der Waals surface area contributed by atoms with Gasteiger partial charge in [-0.25, -0.2) is 0 Å². The fourth-order valence-corrected chi connectivity index (χ4v) is 3.48. The van der Waals surface area contributed by atoms with Gasteiger partial charge < -0.3 is 14.8 Å². The van der Waals surface area contributed by atoms with Gasteiger partial charge in [0.25, 0.3) is 0 Å². The molecule has 2 aliphatic rings. The van der Waals surface area contributed by atoms with Crippen molar-refractivity contribution in [3.05, 3.63) is 59.2 Å². The van der Waals surface area contributed by atoms with E-state index in [0.717, 1.165) is 50.6 Å². The van der Waals surface area contributed by atoms with Gasteiger partial charge in [-0.2, -0.15) is 0 Å². The van der Waals surface area contributed by atoms with E-state index in [1.165, 1.54) is 16.7 Å². The first kappa shape index (κ1) is 15.5. The summed E-state index contributed by atoms with van der Waals surface area (Å²) in [6.07, 6.45) is 1.16. The maximum atomic E-state index is 5.77. The van der Waals surface area contributed by atoms with Gasteiger partial charge in [0, 0.05) is 38.3 Å². The lowest BCUT2D eigenvalue weighted by atomic mass is 10.00. The van der Waals surface area contributed by atoms with Crippen LogP contribution < -0.4 is 14.8 Å². The fourth-order valence-electron chi connectivity index (χ4n) is 3.48. The highest BCUT2D eigenvalue weighted by atomic mass is 16.6. The van der Waals surface area contributed by atoms with Crippen LogP contribution in [0.15, 0.2) is 42.5 Å². The van der Waals surface area contributed by atoms with Crippen molar-refractivity contribution in [2.24, 2.45) is 0 Å². The predicted octanol–water partition coefficient (Wildman–Crippen LogP) is 2.61. The Balaban J connectivity index is 1.27. The van der Waals surface area contributed by atoms with Crippen LogP contribution in [0, 0.1) is 0 Å². The van der Waals surface area contributed by atoms with Gasteiger partial charge in [0.2, 0.25) is 0 Å². The molecule has 0 saturated heterocycles. The van der Waals surface area contributed by atoms with Crippen molar-refractivity contribution in [1.82, 2.24) is 10.2 Å². The largest absolute Gasteiger partial charge is 0.486 e. The molecule has 2 aromatic rings. The van der Waals surface area contributed by atoms with Crippen LogP contribution in [0.4, 0.5) is 0 Å². The van der Waals surface area contributed by atoms with Gasteiger partial charge in [-0.1, -0.05) is 36.4 Å². The molecule has 0 unspecified atom stereocenters. The first-order valence-electron chi connectivity index (χ1n) is 8.77. The molecule has 0 fully saturated rings. The normalized spacial score (nSPS) is 16.7. The summed E-state index contributed by atoms with van der Waals surface area (Å²) in [5.41, 5.74) is 4.16. The Morgan fingerprint density at radius 1 is 0.958 bits per heavy atom. The third-order valence-corrected chi connectivity index (χ3v) is 4.78. The number of nitrogens with one attached hydrogen (secondary N) is 1. The van der Waals surface area contributed by atoms with Gasteiger partial charge in [0.05, 0.1) is 0 Å². The highest BCUT2D eigenvalue weighted by molar-refractivity contribution is 5.47. The van der Waals surface area contributed by atoms with Crippen LogP contribution in [0.25, 0.3) is 0 Å². The van der Waals surface area contributed by atoms with Crippen molar-refractivity contribution in [1.29, 1.82) is 0 Å². The third-order valence-electron chi connectivity index (χ3n) is 4.78. The second-order valence-corrected chi connectivity index (χ2v) is 6.41. The standard InChI is InChI=1S/C20H24N2O2/c1-2-5-18-15-22(10-8-16(18)4-1)11-9-21-14-17-6-3-7-19-20(17)24-13-12-23-19/h1-7,21H,8-15H2. The number of fused-ring (bicyclic) bond motifs is 2. The van der Waals surface area contributed by atoms with Crippen LogP contribution in [0.2, 0.25) is 0 Å². The number of para-hydroxylation sites is 1. The summed E-state index contributed by atoms with van der Waals surface area (Å²) >= 11 is 0. The fraction of sp³-hybridized carbons (Fsp3) is 0.400. The van der Waals surface area contributed by atoms with Crippen LogP contribution in [0.1, 0.15) is 16.7 Å². The second kappa shape index (κ2) is 7.24. The molecule has 4 nitrogen and oxygen atoms in total. The lowest BCUT2D eigenvalue weighted by Crippen LogP contribution is -2.36. The lowest BCUT2D eigenvalue weighted by Gasteiger charge is -2.28. The number of benzene rings is 2. The predicted molar refractivity (Wildman–Crippen MR) is 94.6 cm³/mol. The van der Waals surface area contributed by atoms with E-state index in [2.05, 4.69) is 40.5 Å². The molecule has 0 aromatic heterocycles. The second-order valence-electron chi connectivity index (χ2n) is 6.41. The number of ether oxygens (including phenoxy) is 2. The molecular weight excluding hydrogens is 300 g/mol. The molecule has 2 aliphatic heterocycles. The molecule has 0 spiro atoms. The van der Waals surface area contributed by atoms with E-state index in [4.69, 9.17) is 9.47 Å². The van der Waals surface area contributed by atoms with Crippen molar-refractivity contribution >= 4 is 0 Å². The quantitative estimate of drug-likeness (QED) is 0.857. The first-order valence-corrected chi connectivity index (χ1v) is 8.77. The smallest absolute Gasteiger partial charge is 0.165 e.